The van der Waals surface area contributed by atoms with E-state index in [0.29, 0.717) is 12.0 Å². The highest BCUT2D eigenvalue weighted by molar-refractivity contribution is 7.18. The summed E-state index contributed by atoms with van der Waals surface area (Å²) in [6.07, 6.45) is 3.99. The minimum atomic E-state index is 0.520. The molecule has 1 saturated carbocycles. The quantitative estimate of drug-likeness (QED) is 0.650. The predicted molar refractivity (Wildman–Crippen MR) is 78.4 cm³/mol. The van der Waals surface area contributed by atoms with Crippen molar-refractivity contribution in [2.24, 2.45) is 11.8 Å². The van der Waals surface area contributed by atoms with Crippen LogP contribution in [-0.4, -0.2) is 22.6 Å². The van der Waals surface area contributed by atoms with Crippen LogP contribution in [0.25, 0.3) is 10.2 Å². The molecule has 1 aliphatic heterocycles. The second kappa shape index (κ2) is 4.05. The van der Waals surface area contributed by atoms with Crippen LogP contribution in [0.1, 0.15) is 24.1 Å². The summed E-state index contributed by atoms with van der Waals surface area (Å²) in [7, 11) is 0. The Kier molecular flexibility index (Phi) is 2.43. The molecule has 6 heteroatoms. The molecule has 2 aromatic rings. The van der Waals surface area contributed by atoms with Gasteiger partial charge in [-0.15, -0.1) is 11.3 Å². The van der Waals surface area contributed by atoms with Gasteiger partial charge in [0.05, 0.1) is 5.39 Å². The molecular weight excluding hydrogens is 258 g/mol. The summed E-state index contributed by atoms with van der Waals surface area (Å²) >= 11 is 1.70. The molecule has 0 aromatic carbocycles. The van der Waals surface area contributed by atoms with Crippen LogP contribution in [0.4, 0.5) is 11.8 Å². The zero-order chi connectivity index (χ0) is 13.0. The van der Waals surface area contributed by atoms with Gasteiger partial charge in [-0.1, -0.05) is 0 Å². The summed E-state index contributed by atoms with van der Waals surface area (Å²) < 4.78 is 0. The molecule has 2 atom stereocenters. The molecule has 2 bridgehead atoms. The molecule has 0 radical (unpaired) electrons. The van der Waals surface area contributed by atoms with Gasteiger partial charge in [0.25, 0.3) is 0 Å². The molecule has 3 N–H and O–H groups in total. The number of nitrogens with two attached hydrogens (primary N) is 1. The number of fused-ring (bicyclic) bond motifs is 3. The van der Waals surface area contributed by atoms with Gasteiger partial charge < -0.3 is 4.90 Å². The summed E-state index contributed by atoms with van der Waals surface area (Å²) in [4.78, 5) is 13.8. The summed E-state index contributed by atoms with van der Waals surface area (Å²) in [6, 6.07) is 2.86. The van der Waals surface area contributed by atoms with E-state index in [4.69, 9.17) is 5.84 Å². The zero-order valence-electron chi connectivity index (χ0n) is 10.9. The fraction of sp³-hybridized carbons (Fsp3) is 0.538. The van der Waals surface area contributed by atoms with Crippen LogP contribution in [0.5, 0.6) is 0 Å². The predicted octanol–water partition coefficient (Wildman–Crippen LogP) is 2.27. The Bertz CT molecular complexity index is 637. The number of piperidine rings is 1. The lowest BCUT2D eigenvalue weighted by atomic mass is 10.1. The number of hydrogen-bond acceptors (Lipinski definition) is 6. The molecule has 1 saturated heterocycles. The van der Waals surface area contributed by atoms with Crippen LogP contribution in [0.3, 0.4) is 0 Å². The number of anilines is 2. The maximum Gasteiger partial charge on any atom is 0.240 e. The maximum absolute atomic E-state index is 5.50. The number of aromatic nitrogens is 2. The monoisotopic (exact) mass is 275 g/mol. The number of nitrogen functional groups attached to an aromatic ring is 1. The lowest BCUT2D eigenvalue weighted by Crippen LogP contribution is -2.33. The molecule has 5 nitrogen and oxygen atoms in total. The van der Waals surface area contributed by atoms with E-state index < -0.39 is 0 Å². The minimum Gasteiger partial charge on any atom is -0.353 e. The van der Waals surface area contributed by atoms with E-state index in [9.17, 15) is 0 Å². The first-order chi connectivity index (χ1) is 9.24. The Morgan fingerprint density at radius 1 is 1.42 bits per heavy atom. The number of aryl methyl sites for hydroxylation is 1. The highest BCUT2D eigenvalue weighted by Gasteiger charge is 2.39. The zero-order valence-corrected chi connectivity index (χ0v) is 11.7. The van der Waals surface area contributed by atoms with Crippen molar-refractivity contribution < 1.29 is 0 Å². The first-order valence-electron chi connectivity index (χ1n) is 6.76. The average molecular weight is 275 g/mol. The molecule has 4 rings (SSSR count). The SMILES string of the molecule is Cc1cc2c(N3CC4CCC3C4)nc(NN)nc2s1. The van der Waals surface area contributed by atoms with Crippen LogP contribution in [0, 0.1) is 12.8 Å². The average Bonchev–Trinajstić information content (AvgIpc) is 3.10. The molecule has 2 unspecified atom stereocenters. The molecule has 2 aliphatic rings. The van der Waals surface area contributed by atoms with Crippen LogP contribution in [0.15, 0.2) is 6.07 Å². The standard InChI is InChI=1S/C13H17N5S/c1-7-4-10-11(15-13(17-14)16-12(10)19-7)18-6-8-2-3-9(18)5-8/h4,8-9H,2-3,5-6,14H2,1H3,(H,15,16,17). The van der Waals surface area contributed by atoms with Gasteiger partial charge in [-0.05, 0) is 38.2 Å². The van der Waals surface area contributed by atoms with Gasteiger partial charge >= 0.3 is 0 Å². The Hall–Kier alpha value is -1.40. The van der Waals surface area contributed by atoms with Crippen molar-refractivity contribution in [3.63, 3.8) is 0 Å². The smallest absolute Gasteiger partial charge is 0.240 e. The first kappa shape index (κ1) is 11.4. The molecular formula is C13H17N5S. The highest BCUT2D eigenvalue weighted by atomic mass is 32.1. The van der Waals surface area contributed by atoms with Crippen LogP contribution in [0.2, 0.25) is 0 Å². The number of nitrogens with zero attached hydrogens (tertiary/aromatic N) is 3. The topological polar surface area (TPSA) is 67.1 Å². The third-order valence-corrected chi connectivity index (χ3v) is 5.25. The summed E-state index contributed by atoms with van der Waals surface area (Å²) in [5.74, 6) is 7.94. The van der Waals surface area contributed by atoms with E-state index in [1.807, 2.05) is 0 Å². The number of thiophene rings is 1. The Labute approximate surface area is 115 Å². The van der Waals surface area contributed by atoms with Crippen LogP contribution in [-0.2, 0) is 0 Å². The Balaban J connectivity index is 1.87. The third kappa shape index (κ3) is 1.70. The van der Waals surface area contributed by atoms with Crippen LogP contribution < -0.4 is 16.2 Å². The fourth-order valence-corrected chi connectivity index (χ4v) is 4.37. The van der Waals surface area contributed by atoms with Crippen molar-refractivity contribution in [1.29, 1.82) is 0 Å². The van der Waals surface area contributed by atoms with E-state index in [2.05, 4.69) is 33.3 Å². The molecule has 2 aromatic heterocycles. The summed E-state index contributed by atoms with van der Waals surface area (Å²) in [5.41, 5.74) is 2.59. The highest BCUT2D eigenvalue weighted by Crippen LogP contribution is 2.42. The van der Waals surface area contributed by atoms with Gasteiger partial charge in [0.2, 0.25) is 5.95 Å². The minimum absolute atomic E-state index is 0.520. The fourth-order valence-electron chi connectivity index (χ4n) is 3.49. The van der Waals surface area contributed by atoms with Gasteiger partial charge in [-0.25, -0.2) is 10.8 Å². The molecule has 0 amide bonds. The molecule has 100 valence electrons. The number of hydrazine groups is 1. The lowest BCUT2D eigenvalue weighted by Gasteiger charge is -2.28. The lowest BCUT2D eigenvalue weighted by molar-refractivity contribution is 0.551. The van der Waals surface area contributed by atoms with Crippen molar-refractivity contribution in [3.05, 3.63) is 10.9 Å². The van der Waals surface area contributed by atoms with E-state index >= 15 is 0 Å². The third-order valence-electron chi connectivity index (χ3n) is 4.31. The molecule has 2 fully saturated rings. The number of rotatable bonds is 2. The normalized spacial score (nSPS) is 25.5. The second-order valence-electron chi connectivity index (χ2n) is 5.58. The first-order valence-corrected chi connectivity index (χ1v) is 7.57. The summed E-state index contributed by atoms with van der Waals surface area (Å²) in [6.45, 7) is 3.25. The van der Waals surface area contributed by atoms with Gasteiger partial charge in [0.1, 0.15) is 10.6 Å². The summed E-state index contributed by atoms with van der Waals surface area (Å²) in [5, 5.41) is 1.18. The van der Waals surface area contributed by atoms with Crippen LogP contribution >= 0.6 is 11.3 Å². The van der Waals surface area contributed by atoms with Crippen molar-refractivity contribution >= 4 is 33.3 Å². The van der Waals surface area contributed by atoms with E-state index in [-0.39, 0.29) is 0 Å². The van der Waals surface area contributed by atoms with Gasteiger partial charge in [-0.3, -0.25) is 5.43 Å². The molecule has 0 spiro atoms. The van der Waals surface area contributed by atoms with Gasteiger partial charge in [-0.2, -0.15) is 4.98 Å². The van der Waals surface area contributed by atoms with E-state index in [1.54, 1.807) is 11.3 Å². The second-order valence-corrected chi connectivity index (χ2v) is 6.81. The van der Waals surface area contributed by atoms with Gasteiger partial charge in [0.15, 0.2) is 0 Å². The molecule has 3 heterocycles. The van der Waals surface area contributed by atoms with Gasteiger partial charge in [0, 0.05) is 17.5 Å². The Morgan fingerprint density at radius 3 is 3.00 bits per heavy atom. The van der Waals surface area contributed by atoms with Crippen molar-refractivity contribution in [1.82, 2.24) is 9.97 Å². The van der Waals surface area contributed by atoms with Crippen molar-refractivity contribution in [3.8, 4) is 0 Å². The largest absolute Gasteiger partial charge is 0.353 e. The maximum atomic E-state index is 5.50. The Morgan fingerprint density at radius 2 is 2.32 bits per heavy atom. The van der Waals surface area contributed by atoms with Crippen molar-refractivity contribution in [2.75, 3.05) is 16.9 Å². The van der Waals surface area contributed by atoms with Crippen molar-refractivity contribution in [2.45, 2.75) is 32.2 Å². The number of nitrogens with one attached hydrogen (secondary N) is 1. The van der Waals surface area contributed by atoms with E-state index in [1.165, 1.54) is 29.5 Å². The molecule has 19 heavy (non-hydrogen) atoms. The number of hydrogen-bond donors (Lipinski definition) is 2. The van der Waals surface area contributed by atoms with E-state index in [0.717, 1.165) is 23.1 Å². The molecule has 1 aliphatic carbocycles.